The first kappa shape index (κ1) is 12.5. The molecule has 18 heavy (non-hydrogen) atoms. The van der Waals surface area contributed by atoms with E-state index in [1.54, 1.807) is 24.4 Å². The van der Waals surface area contributed by atoms with Gasteiger partial charge < -0.3 is 4.74 Å². The van der Waals surface area contributed by atoms with Crippen molar-refractivity contribution in [3.63, 3.8) is 0 Å². The molecule has 0 aliphatic rings. The largest absolute Gasteiger partial charge is 0.486 e. The van der Waals surface area contributed by atoms with Gasteiger partial charge in [0, 0.05) is 6.20 Å². The number of hydrogen-bond donors (Lipinski definition) is 0. The van der Waals surface area contributed by atoms with Gasteiger partial charge in [-0.2, -0.15) is 5.26 Å². The Morgan fingerprint density at radius 3 is 2.94 bits per heavy atom. The van der Waals surface area contributed by atoms with Crippen molar-refractivity contribution in [1.29, 1.82) is 5.26 Å². The van der Waals surface area contributed by atoms with Crippen LogP contribution in [0, 0.1) is 17.1 Å². The van der Waals surface area contributed by atoms with E-state index in [9.17, 15) is 4.39 Å². The molecule has 2 rings (SSSR count). The Bertz CT molecular complexity index is 610. The number of benzene rings is 1. The summed E-state index contributed by atoms with van der Waals surface area (Å²) in [7, 11) is 0. The lowest BCUT2D eigenvalue weighted by Gasteiger charge is -2.07. The average Bonchev–Trinajstić information content (AvgIpc) is 2.37. The van der Waals surface area contributed by atoms with Crippen LogP contribution in [-0.2, 0) is 6.61 Å². The highest BCUT2D eigenvalue weighted by Gasteiger charge is 2.04. The highest BCUT2D eigenvalue weighted by Crippen LogP contribution is 2.22. The van der Waals surface area contributed by atoms with Gasteiger partial charge in [-0.25, -0.2) is 9.37 Å². The highest BCUT2D eigenvalue weighted by atomic mass is 79.9. The first-order chi connectivity index (χ1) is 8.69. The second-order valence-electron chi connectivity index (χ2n) is 3.54. The summed E-state index contributed by atoms with van der Waals surface area (Å²) in [5.74, 6) is 0.123. The maximum Gasteiger partial charge on any atom is 0.152 e. The van der Waals surface area contributed by atoms with Crippen LogP contribution >= 0.6 is 15.9 Å². The molecule has 90 valence electrons. The molecule has 1 heterocycles. The summed E-state index contributed by atoms with van der Waals surface area (Å²) in [4.78, 5) is 4.01. The number of aromatic nitrogens is 1. The third-order valence-corrected chi connectivity index (χ3v) is 2.80. The fourth-order valence-electron chi connectivity index (χ4n) is 1.44. The van der Waals surface area contributed by atoms with E-state index in [0.29, 0.717) is 15.9 Å². The van der Waals surface area contributed by atoms with Gasteiger partial charge in [0.05, 0.1) is 11.6 Å². The van der Waals surface area contributed by atoms with Crippen molar-refractivity contribution < 1.29 is 9.13 Å². The molecule has 0 unspecified atom stereocenters. The predicted octanol–water partition coefficient (Wildman–Crippen LogP) is 3.43. The number of rotatable bonds is 3. The second-order valence-corrected chi connectivity index (χ2v) is 4.29. The summed E-state index contributed by atoms with van der Waals surface area (Å²) in [6.07, 6.45) is 1.63. The van der Waals surface area contributed by atoms with Crippen molar-refractivity contribution in [2.75, 3.05) is 0 Å². The summed E-state index contributed by atoms with van der Waals surface area (Å²) in [6, 6.07) is 9.51. The van der Waals surface area contributed by atoms with Gasteiger partial charge in [0.25, 0.3) is 0 Å². The minimum atomic E-state index is -0.446. The SMILES string of the molecule is N#Cc1cc(F)cc(COc2cccnc2Br)c1. The third-order valence-electron chi connectivity index (χ3n) is 2.21. The maximum atomic E-state index is 13.2. The highest BCUT2D eigenvalue weighted by molar-refractivity contribution is 9.10. The van der Waals surface area contributed by atoms with Gasteiger partial charge in [0.15, 0.2) is 5.75 Å². The fourth-order valence-corrected chi connectivity index (χ4v) is 1.80. The molecular weight excluding hydrogens is 299 g/mol. The van der Waals surface area contributed by atoms with Gasteiger partial charge in [-0.05, 0) is 51.8 Å². The number of nitriles is 1. The van der Waals surface area contributed by atoms with E-state index in [4.69, 9.17) is 10.00 Å². The monoisotopic (exact) mass is 306 g/mol. The van der Waals surface area contributed by atoms with E-state index in [0.717, 1.165) is 0 Å². The standard InChI is InChI=1S/C13H8BrFN2O/c14-13-12(2-1-3-17-13)18-8-10-4-9(7-16)5-11(15)6-10/h1-6H,8H2. The Morgan fingerprint density at radius 2 is 2.22 bits per heavy atom. The molecule has 1 aromatic carbocycles. The molecule has 0 fully saturated rings. The molecule has 0 N–H and O–H groups in total. The van der Waals surface area contributed by atoms with Crippen molar-refractivity contribution >= 4 is 15.9 Å². The topological polar surface area (TPSA) is 45.9 Å². The van der Waals surface area contributed by atoms with Crippen LogP contribution in [0.3, 0.4) is 0 Å². The van der Waals surface area contributed by atoms with E-state index in [-0.39, 0.29) is 12.2 Å². The Kier molecular flexibility index (Phi) is 3.90. The van der Waals surface area contributed by atoms with Crippen LogP contribution < -0.4 is 4.74 Å². The van der Waals surface area contributed by atoms with Crippen LogP contribution in [-0.4, -0.2) is 4.98 Å². The van der Waals surface area contributed by atoms with Gasteiger partial charge in [-0.1, -0.05) is 0 Å². The number of hydrogen-bond acceptors (Lipinski definition) is 3. The van der Waals surface area contributed by atoms with Gasteiger partial charge >= 0.3 is 0 Å². The molecule has 0 bridgehead atoms. The van der Waals surface area contributed by atoms with Crippen LogP contribution in [0.4, 0.5) is 4.39 Å². The lowest BCUT2D eigenvalue weighted by Crippen LogP contribution is -1.98. The molecular formula is C13H8BrFN2O. The zero-order chi connectivity index (χ0) is 13.0. The second kappa shape index (κ2) is 5.61. The minimum Gasteiger partial charge on any atom is -0.486 e. The minimum absolute atomic E-state index is 0.177. The quantitative estimate of drug-likeness (QED) is 0.816. The van der Waals surface area contributed by atoms with Crippen molar-refractivity contribution in [2.24, 2.45) is 0 Å². The van der Waals surface area contributed by atoms with Crippen LogP contribution in [0.25, 0.3) is 0 Å². The Balaban J connectivity index is 2.14. The van der Waals surface area contributed by atoms with Crippen LogP contribution in [0.15, 0.2) is 41.1 Å². The molecule has 3 nitrogen and oxygen atoms in total. The summed E-state index contributed by atoms with van der Waals surface area (Å²) in [5.41, 5.74) is 0.876. The molecule has 5 heteroatoms. The molecule has 1 aromatic heterocycles. The van der Waals surface area contributed by atoms with Crippen LogP contribution in [0.1, 0.15) is 11.1 Å². The van der Waals surface area contributed by atoms with Gasteiger partial charge in [0.2, 0.25) is 0 Å². The Hall–Kier alpha value is -1.93. The van der Waals surface area contributed by atoms with Crippen molar-refractivity contribution in [3.05, 3.63) is 58.1 Å². The molecule has 0 amide bonds. The zero-order valence-electron chi connectivity index (χ0n) is 9.23. The maximum absolute atomic E-state index is 13.2. The molecule has 0 saturated carbocycles. The van der Waals surface area contributed by atoms with Crippen LogP contribution in [0.2, 0.25) is 0 Å². The van der Waals surface area contributed by atoms with Crippen molar-refractivity contribution in [3.8, 4) is 11.8 Å². The van der Waals surface area contributed by atoms with E-state index in [1.807, 2.05) is 6.07 Å². The van der Waals surface area contributed by atoms with Crippen molar-refractivity contribution in [2.45, 2.75) is 6.61 Å². The number of ether oxygens (including phenoxy) is 1. The molecule has 0 aliphatic carbocycles. The van der Waals surface area contributed by atoms with E-state index in [1.165, 1.54) is 12.1 Å². The van der Waals surface area contributed by atoms with Crippen LogP contribution in [0.5, 0.6) is 5.75 Å². The average molecular weight is 307 g/mol. The summed E-state index contributed by atoms with van der Waals surface area (Å²) < 4.78 is 19.3. The van der Waals surface area contributed by atoms with E-state index < -0.39 is 5.82 Å². The van der Waals surface area contributed by atoms with Gasteiger partial charge in [-0.3, -0.25) is 0 Å². The van der Waals surface area contributed by atoms with Gasteiger partial charge in [-0.15, -0.1) is 0 Å². The Labute approximate surface area is 112 Å². The molecule has 2 aromatic rings. The molecule has 0 atom stereocenters. The molecule has 0 aliphatic heterocycles. The van der Waals surface area contributed by atoms with E-state index >= 15 is 0 Å². The lowest BCUT2D eigenvalue weighted by atomic mass is 10.1. The lowest BCUT2D eigenvalue weighted by molar-refractivity contribution is 0.302. The Morgan fingerprint density at radius 1 is 1.39 bits per heavy atom. The molecule has 0 saturated heterocycles. The molecule has 0 radical (unpaired) electrons. The zero-order valence-corrected chi connectivity index (χ0v) is 10.8. The molecule has 0 spiro atoms. The summed E-state index contributed by atoms with van der Waals surface area (Å²) in [5, 5.41) is 8.74. The first-order valence-electron chi connectivity index (χ1n) is 5.12. The number of halogens is 2. The number of nitrogens with zero attached hydrogens (tertiary/aromatic N) is 2. The fraction of sp³-hybridized carbons (Fsp3) is 0.0769. The predicted molar refractivity (Wildman–Crippen MR) is 67.4 cm³/mol. The van der Waals surface area contributed by atoms with E-state index in [2.05, 4.69) is 20.9 Å². The van der Waals surface area contributed by atoms with Crippen molar-refractivity contribution in [1.82, 2.24) is 4.98 Å². The summed E-state index contributed by atoms with van der Waals surface area (Å²) >= 11 is 3.25. The third kappa shape index (κ3) is 3.05. The van der Waals surface area contributed by atoms with Gasteiger partial charge in [0.1, 0.15) is 17.0 Å². The smallest absolute Gasteiger partial charge is 0.152 e. The normalized spacial score (nSPS) is 9.83. The summed E-state index contributed by atoms with van der Waals surface area (Å²) in [6.45, 7) is 0.177. The number of pyridine rings is 1. The first-order valence-corrected chi connectivity index (χ1v) is 5.91.